The van der Waals surface area contributed by atoms with Crippen LogP contribution in [0, 0.1) is 12.5 Å². The van der Waals surface area contributed by atoms with Crippen LogP contribution in [0.15, 0.2) is 18.3 Å². The van der Waals surface area contributed by atoms with Crippen molar-refractivity contribution in [2.24, 2.45) is 5.92 Å². The number of ether oxygens (including phenoxy) is 2. The number of alkyl halides is 2. The van der Waals surface area contributed by atoms with Gasteiger partial charge in [0.1, 0.15) is 0 Å². The molecule has 3 aliphatic carbocycles. The molecule has 180 valence electrons. The molecule has 0 bridgehead atoms. The van der Waals surface area contributed by atoms with Crippen molar-refractivity contribution in [3.63, 3.8) is 0 Å². The predicted octanol–water partition coefficient (Wildman–Crippen LogP) is 3.76. The van der Waals surface area contributed by atoms with Gasteiger partial charge in [-0.1, -0.05) is 4.85 Å². The molecule has 2 aromatic heterocycles. The molecule has 0 unspecified atom stereocenters. The van der Waals surface area contributed by atoms with E-state index in [4.69, 9.17) is 22.1 Å². The molecule has 0 spiro atoms. The summed E-state index contributed by atoms with van der Waals surface area (Å²) >= 11 is 0. The molecule has 3 saturated carbocycles. The van der Waals surface area contributed by atoms with Gasteiger partial charge in [0.05, 0.1) is 42.5 Å². The number of morpholine rings is 1. The Morgan fingerprint density at radius 1 is 1.24 bits per heavy atom. The zero-order valence-electron chi connectivity index (χ0n) is 18.9. The Bertz CT molecular complexity index is 1120. The van der Waals surface area contributed by atoms with Gasteiger partial charge < -0.3 is 15.2 Å². The number of anilines is 1. The molecule has 6 rings (SSSR count). The molecule has 8 nitrogen and oxygen atoms in total. The lowest BCUT2D eigenvalue weighted by Gasteiger charge is -2.32. The first kappa shape index (κ1) is 21.7. The van der Waals surface area contributed by atoms with Crippen molar-refractivity contribution in [2.45, 2.75) is 62.3 Å². The van der Waals surface area contributed by atoms with Crippen LogP contribution < -0.4 is 10.5 Å². The number of fused-ring (bicyclic) bond motifs is 1. The minimum Gasteiger partial charge on any atom is -0.431 e. The van der Waals surface area contributed by atoms with E-state index in [2.05, 4.69) is 25.5 Å². The van der Waals surface area contributed by atoms with Gasteiger partial charge in [-0.3, -0.25) is 9.58 Å². The first-order chi connectivity index (χ1) is 16.5. The minimum absolute atomic E-state index is 0.0641. The predicted molar refractivity (Wildman–Crippen MR) is 122 cm³/mol. The summed E-state index contributed by atoms with van der Waals surface area (Å²) in [5, 5.41) is 5.02. The second kappa shape index (κ2) is 8.17. The third-order valence-electron chi connectivity index (χ3n) is 8.25. The minimum atomic E-state index is -2.97. The van der Waals surface area contributed by atoms with Gasteiger partial charge >= 0.3 is 6.61 Å². The maximum Gasteiger partial charge on any atom is 0.387 e. The number of hydrogen-bond acceptors (Lipinski definition) is 6. The SMILES string of the molecule is C#[N+][C@]12C[C@@H](N3CCOCC3)C[C@H]1[C@@H]2c1cc(-c2cnc(N)c(OC(F)F)c2)n(C2CCC2)n1. The van der Waals surface area contributed by atoms with E-state index >= 15 is 0 Å². The van der Waals surface area contributed by atoms with Crippen molar-refractivity contribution in [2.75, 3.05) is 32.0 Å². The maximum absolute atomic E-state index is 12.8. The van der Waals surface area contributed by atoms with Gasteiger partial charge in [0.25, 0.3) is 12.1 Å². The van der Waals surface area contributed by atoms with Crippen molar-refractivity contribution < 1.29 is 18.3 Å². The van der Waals surface area contributed by atoms with Gasteiger partial charge in [-0.05, 0) is 37.8 Å². The highest BCUT2D eigenvalue weighted by Gasteiger charge is 2.81. The zero-order valence-corrected chi connectivity index (χ0v) is 18.9. The fraction of sp³-hybridized carbons (Fsp3) is 0.625. The largest absolute Gasteiger partial charge is 0.431 e. The van der Waals surface area contributed by atoms with Crippen LogP contribution in [0.4, 0.5) is 14.6 Å². The van der Waals surface area contributed by atoms with Crippen LogP contribution in [0.2, 0.25) is 0 Å². The van der Waals surface area contributed by atoms with E-state index in [1.807, 2.05) is 4.68 Å². The number of nitrogens with zero attached hydrogens (tertiary/aromatic N) is 5. The topological polar surface area (TPSA) is 82.8 Å². The smallest absolute Gasteiger partial charge is 0.387 e. The van der Waals surface area contributed by atoms with Crippen molar-refractivity contribution in [3.05, 3.63) is 28.9 Å². The van der Waals surface area contributed by atoms with Crippen LogP contribution in [-0.4, -0.2) is 64.2 Å². The number of nitrogens with two attached hydrogens (primary N) is 1. The number of rotatable bonds is 6. The normalized spacial score (nSPS) is 31.2. The maximum atomic E-state index is 12.8. The zero-order chi connectivity index (χ0) is 23.4. The van der Waals surface area contributed by atoms with Gasteiger partial charge in [-0.25, -0.2) is 4.98 Å². The quantitative estimate of drug-likeness (QED) is 0.691. The van der Waals surface area contributed by atoms with Crippen molar-refractivity contribution in [1.29, 1.82) is 0 Å². The fourth-order valence-electron chi connectivity index (χ4n) is 6.26. The van der Waals surface area contributed by atoms with Gasteiger partial charge in [-0.15, -0.1) is 0 Å². The highest BCUT2D eigenvalue weighted by Crippen LogP contribution is 2.69. The highest BCUT2D eigenvalue weighted by atomic mass is 19.3. The second-order valence-corrected chi connectivity index (χ2v) is 9.92. The summed E-state index contributed by atoms with van der Waals surface area (Å²) in [5.41, 5.74) is 7.95. The Kier molecular flexibility index (Phi) is 5.22. The Labute approximate surface area is 196 Å². The number of halogens is 2. The first-order valence-corrected chi connectivity index (χ1v) is 12.0. The summed E-state index contributed by atoms with van der Waals surface area (Å²) in [6, 6.07) is 4.33. The molecule has 0 aromatic carbocycles. The molecule has 0 radical (unpaired) electrons. The van der Waals surface area contributed by atoms with Crippen LogP contribution in [0.25, 0.3) is 16.1 Å². The molecule has 1 saturated heterocycles. The van der Waals surface area contributed by atoms with E-state index < -0.39 is 6.61 Å². The highest BCUT2D eigenvalue weighted by molar-refractivity contribution is 5.65. The fourth-order valence-corrected chi connectivity index (χ4v) is 6.26. The number of pyridine rings is 1. The van der Waals surface area contributed by atoms with Crippen molar-refractivity contribution in [3.8, 4) is 23.6 Å². The van der Waals surface area contributed by atoms with Crippen molar-refractivity contribution in [1.82, 2.24) is 19.7 Å². The monoisotopic (exact) mass is 471 g/mol. The second-order valence-electron chi connectivity index (χ2n) is 9.92. The Balaban J connectivity index is 1.30. The molecule has 4 atom stereocenters. The lowest BCUT2D eigenvalue weighted by Crippen LogP contribution is -2.43. The number of aromatic nitrogens is 3. The molecule has 10 heteroatoms. The van der Waals surface area contributed by atoms with Gasteiger partial charge in [0.15, 0.2) is 11.6 Å². The van der Waals surface area contributed by atoms with E-state index in [1.165, 1.54) is 6.07 Å². The Morgan fingerprint density at radius 2 is 2.03 bits per heavy atom. The van der Waals surface area contributed by atoms with Gasteiger partial charge in [-0.2, -0.15) is 13.9 Å². The Hall–Kier alpha value is -2.77. The molecule has 34 heavy (non-hydrogen) atoms. The van der Waals surface area contributed by atoms with Gasteiger partial charge in [0, 0.05) is 37.3 Å². The van der Waals surface area contributed by atoms with Crippen LogP contribution in [0.3, 0.4) is 0 Å². The lowest BCUT2D eigenvalue weighted by molar-refractivity contribution is -0.0494. The third kappa shape index (κ3) is 3.45. The molecule has 3 heterocycles. The molecule has 2 N–H and O–H groups in total. The van der Waals surface area contributed by atoms with Crippen LogP contribution >= 0.6 is 0 Å². The Morgan fingerprint density at radius 3 is 2.68 bits per heavy atom. The summed E-state index contributed by atoms with van der Waals surface area (Å²) in [7, 11) is 0. The van der Waals surface area contributed by atoms with Crippen LogP contribution in [0.1, 0.15) is 49.8 Å². The van der Waals surface area contributed by atoms with Crippen molar-refractivity contribution >= 4 is 5.82 Å². The van der Waals surface area contributed by atoms with Gasteiger partial charge in [0.2, 0.25) is 0 Å². The molecule has 4 fully saturated rings. The summed E-state index contributed by atoms with van der Waals surface area (Å²) in [6.45, 7) is 6.50. The van der Waals surface area contributed by atoms with E-state index in [-0.39, 0.29) is 29.1 Å². The van der Waals surface area contributed by atoms with E-state index in [0.717, 1.165) is 69.8 Å². The first-order valence-electron chi connectivity index (χ1n) is 12.0. The van der Waals surface area contributed by atoms with E-state index in [9.17, 15) is 8.78 Å². The molecule has 2 aromatic rings. The summed E-state index contributed by atoms with van der Waals surface area (Å²) in [5.74, 6) is 0.352. The van der Waals surface area contributed by atoms with E-state index in [0.29, 0.717) is 17.5 Å². The molecule has 1 aliphatic heterocycles. The molecule has 0 amide bonds. The van der Waals surface area contributed by atoms with Crippen LogP contribution in [-0.2, 0) is 4.74 Å². The summed E-state index contributed by atoms with van der Waals surface area (Å²) < 4.78 is 37.8. The van der Waals surface area contributed by atoms with E-state index in [1.54, 1.807) is 6.20 Å². The summed E-state index contributed by atoms with van der Waals surface area (Å²) in [4.78, 5) is 11.0. The van der Waals surface area contributed by atoms with Crippen LogP contribution in [0.5, 0.6) is 5.75 Å². The standard InChI is InChI=1S/C24H29F2N6O2/c1-28-24-12-16(31-5-7-33-8-6-31)10-17(24)21(24)18-11-19(32(30-18)15-3-2-4-15)14-9-20(34-23(25)26)22(27)29-13-14/h1,9,11,13,15-17,21,23H,2-8,10,12H2,(H2,27,29)/q+1/t16-,17-,21+,24+/m0/s1. The molecule has 4 aliphatic rings. The molecular weight excluding hydrogens is 442 g/mol. The molecular formula is C24H29F2N6O2+. The number of hydrogen-bond donors (Lipinski definition) is 1. The average Bonchev–Trinajstić information content (AvgIpc) is 3.09. The average molecular weight is 472 g/mol. The summed E-state index contributed by atoms with van der Waals surface area (Å²) in [6.07, 6.45) is 6.79. The third-order valence-corrected chi connectivity index (χ3v) is 8.25. The number of nitrogen functional groups attached to an aromatic ring is 1. The lowest BCUT2D eigenvalue weighted by atomic mass is 9.93.